The van der Waals surface area contributed by atoms with Gasteiger partial charge >= 0.3 is 5.97 Å². The second-order valence-corrected chi connectivity index (χ2v) is 5.78. The van der Waals surface area contributed by atoms with Crippen LogP contribution in [-0.4, -0.2) is 27.6 Å². The van der Waals surface area contributed by atoms with Gasteiger partial charge in [0, 0.05) is 0 Å². The maximum absolute atomic E-state index is 10.7. The molecular weight excluding hydrogens is 198 g/mol. The van der Waals surface area contributed by atoms with E-state index in [4.69, 9.17) is 10.8 Å². The quantitative estimate of drug-likeness (QED) is 0.644. The van der Waals surface area contributed by atoms with Crippen molar-refractivity contribution in [3.8, 4) is 0 Å². The zero-order chi connectivity index (χ0) is 11.2. The van der Waals surface area contributed by atoms with E-state index in [1.807, 2.05) is 11.8 Å². The third-order valence-electron chi connectivity index (χ3n) is 2.03. The number of carboxylic acid groups (broad SMARTS) is 1. The molecule has 0 amide bonds. The van der Waals surface area contributed by atoms with Crippen LogP contribution in [0.2, 0.25) is 0 Å². The molecule has 0 aliphatic heterocycles. The van der Waals surface area contributed by atoms with Crippen LogP contribution in [0.4, 0.5) is 0 Å². The molecule has 14 heavy (non-hydrogen) atoms. The minimum atomic E-state index is -1.05. The zero-order valence-electron chi connectivity index (χ0n) is 9.25. The fourth-order valence-corrected chi connectivity index (χ4v) is 1.86. The van der Waals surface area contributed by atoms with E-state index < -0.39 is 11.5 Å². The van der Waals surface area contributed by atoms with Gasteiger partial charge in [0.15, 0.2) is 0 Å². The molecule has 0 aromatic rings. The highest BCUT2D eigenvalue weighted by Crippen LogP contribution is 2.15. The summed E-state index contributed by atoms with van der Waals surface area (Å²) in [5.74, 6) is 0.182. The molecule has 0 bridgehead atoms. The number of thioether (sulfide) groups is 1. The molecule has 0 aliphatic rings. The Bertz CT molecular complexity index is 181. The first-order chi connectivity index (χ1) is 6.36. The SMILES string of the molecule is CC(C)SCCCCC(C)(N)C(=O)O. The first-order valence-electron chi connectivity index (χ1n) is 5.00. The average molecular weight is 219 g/mol. The van der Waals surface area contributed by atoms with Gasteiger partial charge in [0.25, 0.3) is 0 Å². The van der Waals surface area contributed by atoms with E-state index in [-0.39, 0.29) is 0 Å². The van der Waals surface area contributed by atoms with Gasteiger partial charge in [-0.2, -0.15) is 11.8 Å². The second-order valence-electron chi connectivity index (χ2n) is 4.10. The fourth-order valence-electron chi connectivity index (χ4n) is 1.02. The molecule has 0 rings (SSSR count). The molecule has 0 aliphatic carbocycles. The molecule has 0 fully saturated rings. The van der Waals surface area contributed by atoms with Crippen LogP contribution in [-0.2, 0) is 4.79 Å². The van der Waals surface area contributed by atoms with E-state index in [2.05, 4.69) is 13.8 Å². The van der Waals surface area contributed by atoms with Crippen molar-refractivity contribution in [2.24, 2.45) is 5.73 Å². The van der Waals surface area contributed by atoms with Crippen LogP contribution in [0.25, 0.3) is 0 Å². The lowest BCUT2D eigenvalue weighted by Gasteiger charge is -2.18. The van der Waals surface area contributed by atoms with Crippen LogP contribution in [0.15, 0.2) is 0 Å². The lowest BCUT2D eigenvalue weighted by molar-refractivity contribution is -0.142. The Hall–Kier alpha value is -0.220. The third-order valence-corrected chi connectivity index (χ3v) is 3.22. The van der Waals surface area contributed by atoms with Gasteiger partial charge in [-0.05, 0) is 30.8 Å². The number of carbonyl (C=O) groups is 1. The highest BCUT2D eigenvalue weighted by atomic mass is 32.2. The zero-order valence-corrected chi connectivity index (χ0v) is 10.1. The van der Waals surface area contributed by atoms with Gasteiger partial charge in [0.2, 0.25) is 0 Å². The molecule has 1 atom stereocenters. The first-order valence-corrected chi connectivity index (χ1v) is 6.05. The molecule has 84 valence electrons. The molecule has 3 nitrogen and oxygen atoms in total. The predicted molar refractivity (Wildman–Crippen MR) is 61.7 cm³/mol. The summed E-state index contributed by atoms with van der Waals surface area (Å²) in [5.41, 5.74) is 4.54. The van der Waals surface area contributed by atoms with Crippen molar-refractivity contribution in [3.63, 3.8) is 0 Å². The van der Waals surface area contributed by atoms with Gasteiger partial charge in [0.05, 0.1) is 0 Å². The first kappa shape index (κ1) is 13.8. The molecule has 0 aromatic heterocycles. The molecule has 3 N–H and O–H groups in total. The summed E-state index contributed by atoms with van der Waals surface area (Å²) in [7, 11) is 0. The second kappa shape index (κ2) is 6.30. The van der Waals surface area contributed by atoms with Gasteiger partial charge in [-0.1, -0.05) is 20.3 Å². The Kier molecular flexibility index (Phi) is 6.20. The number of carboxylic acids is 1. The Morgan fingerprint density at radius 1 is 1.50 bits per heavy atom. The minimum absolute atomic E-state index is 0.557. The summed E-state index contributed by atoms with van der Waals surface area (Å²) in [4.78, 5) is 10.7. The number of hydrogen-bond acceptors (Lipinski definition) is 3. The maximum atomic E-state index is 10.7. The lowest BCUT2D eigenvalue weighted by Crippen LogP contribution is -2.44. The number of hydrogen-bond donors (Lipinski definition) is 2. The summed E-state index contributed by atoms with van der Waals surface area (Å²) in [5, 5.41) is 9.41. The van der Waals surface area contributed by atoms with E-state index in [1.165, 1.54) is 0 Å². The van der Waals surface area contributed by atoms with Crippen LogP contribution < -0.4 is 5.73 Å². The summed E-state index contributed by atoms with van der Waals surface area (Å²) in [6.45, 7) is 5.90. The van der Waals surface area contributed by atoms with Crippen LogP contribution in [0.1, 0.15) is 40.0 Å². The summed E-state index contributed by atoms with van der Waals surface area (Å²) in [6, 6.07) is 0. The molecule has 0 heterocycles. The monoisotopic (exact) mass is 219 g/mol. The Morgan fingerprint density at radius 3 is 2.50 bits per heavy atom. The maximum Gasteiger partial charge on any atom is 0.323 e. The molecule has 0 radical (unpaired) electrons. The topological polar surface area (TPSA) is 63.3 Å². The van der Waals surface area contributed by atoms with Crippen molar-refractivity contribution in [1.29, 1.82) is 0 Å². The number of rotatable bonds is 7. The van der Waals surface area contributed by atoms with Crippen LogP contribution in [0.5, 0.6) is 0 Å². The van der Waals surface area contributed by atoms with Crippen LogP contribution >= 0.6 is 11.8 Å². The van der Waals surface area contributed by atoms with Crippen LogP contribution in [0, 0.1) is 0 Å². The molecule has 0 aromatic carbocycles. The summed E-state index contributed by atoms with van der Waals surface area (Å²) in [6.07, 6.45) is 2.49. The number of unbranched alkanes of at least 4 members (excludes halogenated alkanes) is 1. The Balaban J connectivity index is 3.49. The molecule has 0 saturated carbocycles. The van der Waals surface area contributed by atoms with E-state index in [1.54, 1.807) is 6.92 Å². The summed E-state index contributed by atoms with van der Waals surface area (Å²) >= 11 is 1.90. The molecule has 4 heteroatoms. The summed E-state index contributed by atoms with van der Waals surface area (Å²) < 4.78 is 0. The van der Waals surface area contributed by atoms with Crippen molar-refractivity contribution in [2.45, 2.75) is 50.8 Å². The van der Waals surface area contributed by atoms with Gasteiger partial charge in [-0.15, -0.1) is 0 Å². The minimum Gasteiger partial charge on any atom is -0.480 e. The fraction of sp³-hybridized carbons (Fsp3) is 0.900. The van der Waals surface area contributed by atoms with Crippen LogP contribution in [0.3, 0.4) is 0 Å². The average Bonchev–Trinajstić information content (AvgIpc) is 2.02. The van der Waals surface area contributed by atoms with Crippen molar-refractivity contribution in [1.82, 2.24) is 0 Å². The highest BCUT2D eigenvalue weighted by Gasteiger charge is 2.26. The van der Waals surface area contributed by atoms with Gasteiger partial charge in [-0.25, -0.2) is 0 Å². The Morgan fingerprint density at radius 2 is 2.07 bits per heavy atom. The predicted octanol–water partition coefficient (Wildman–Crippen LogP) is 2.10. The van der Waals surface area contributed by atoms with E-state index in [0.29, 0.717) is 11.7 Å². The van der Waals surface area contributed by atoms with Crippen molar-refractivity contribution < 1.29 is 9.90 Å². The third kappa shape index (κ3) is 6.27. The van der Waals surface area contributed by atoms with Gasteiger partial charge in [-0.3, -0.25) is 4.79 Å². The Labute approximate surface area is 90.4 Å². The van der Waals surface area contributed by atoms with E-state index in [9.17, 15) is 4.79 Å². The van der Waals surface area contributed by atoms with Crippen molar-refractivity contribution in [3.05, 3.63) is 0 Å². The van der Waals surface area contributed by atoms with E-state index in [0.717, 1.165) is 18.6 Å². The molecule has 0 saturated heterocycles. The number of nitrogens with two attached hydrogens (primary N) is 1. The van der Waals surface area contributed by atoms with E-state index >= 15 is 0 Å². The van der Waals surface area contributed by atoms with Gasteiger partial charge < -0.3 is 10.8 Å². The highest BCUT2D eigenvalue weighted by molar-refractivity contribution is 7.99. The van der Waals surface area contributed by atoms with Crippen molar-refractivity contribution in [2.75, 3.05) is 5.75 Å². The lowest BCUT2D eigenvalue weighted by atomic mass is 9.97. The number of aliphatic carboxylic acids is 1. The standard InChI is InChI=1S/C10H21NO2S/c1-8(2)14-7-5-4-6-10(3,11)9(12)13/h8H,4-7,11H2,1-3H3,(H,12,13). The molecular formula is C10H21NO2S. The van der Waals surface area contributed by atoms with Crippen molar-refractivity contribution >= 4 is 17.7 Å². The molecule has 0 spiro atoms. The normalized spacial score (nSPS) is 15.5. The largest absolute Gasteiger partial charge is 0.480 e. The molecule has 1 unspecified atom stereocenters. The van der Waals surface area contributed by atoms with Gasteiger partial charge in [0.1, 0.15) is 5.54 Å². The smallest absolute Gasteiger partial charge is 0.323 e.